The van der Waals surface area contributed by atoms with Gasteiger partial charge in [0.2, 0.25) is 53.2 Å². The molecule has 0 spiro atoms. The van der Waals surface area contributed by atoms with Crippen LogP contribution in [0.4, 0.5) is 0 Å². The summed E-state index contributed by atoms with van der Waals surface area (Å²) in [6.07, 6.45) is 4.44. The Labute approximate surface area is 440 Å². The molecule has 1 aliphatic heterocycles. The fraction of sp³-hybridized carbons (Fsp3) is 0.500. The van der Waals surface area contributed by atoms with E-state index in [-0.39, 0.29) is 63.5 Å². The van der Waals surface area contributed by atoms with Gasteiger partial charge in [-0.1, -0.05) is 64.1 Å². The molecule has 0 radical (unpaired) electrons. The number of aliphatic imine (C=N–C) groups is 1. The van der Waals surface area contributed by atoms with E-state index < -0.39 is 114 Å². The molecule has 1 fully saturated rings. The second-order valence-corrected chi connectivity index (χ2v) is 19.9. The number of H-pyrrole nitrogens is 2. The first-order valence-corrected chi connectivity index (χ1v) is 25.5. The predicted molar refractivity (Wildman–Crippen MR) is 284 cm³/mol. The lowest BCUT2D eigenvalue weighted by Gasteiger charge is -2.32. The van der Waals surface area contributed by atoms with Crippen LogP contribution in [0.1, 0.15) is 84.8 Å². The highest BCUT2D eigenvalue weighted by Gasteiger charge is 2.41. The van der Waals surface area contributed by atoms with E-state index in [0.717, 1.165) is 27.4 Å². The van der Waals surface area contributed by atoms with Crippen molar-refractivity contribution in [3.8, 4) is 0 Å². The van der Waals surface area contributed by atoms with Crippen molar-refractivity contribution >= 4 is 80.9 Å². The van der Waals surface area contributed by atoms with Gasteiger partial charge in [0.15, 0.2) is 5.96 Å². The Bertz CT molecular complexity index is 2750. The zero-order valence-corrected chi connectivity index (χ0v) is 43.9. The number of rotatable bonds is 27. The summed E-state index contributed by atoms with van der Waals surface area (Å²) in [6, 6.07) is 5.11. The van der Waals surface area contributed by atoms with Crippen LogP contribution >= 0.6 is 0 Å². The van der Waals surface area contributed by atoms with Crippen molar-refractivity contribution < 1.29 is 48.3 Å². The van der Waals surface area contributed by atoms with Crippen molar-refractivity contribution in [2.75, 3.05) is 19.7 Å². The Morgan fingerprint density at radius 3 is 1.76 bits per heavy atom. The lowest BCUT2D eigenvalue weighted by Crippen LogP contribution is -2.61. The number of aliphatic hydroxyl groups excluding tert-OH is 1. The first-order chi connectivity index (χ1) is 36.1. The van der Waals surface area contributed by atoms with Crippen LogP contribution in [-0.4, -0.2) is 147 Å². The molecule has 0 bridgehead atoms. The van der Waals surface area contributed by atoms with Gasteiger partial charge >= 0.3 is 0 Å². The zero-order chi connectivity index (χ0) is 55.8. The Kier molecular flexibility index (Phi) is 21.3. The molecule has 5 rings (SSSR count). The molecule has 76 heavy (non-hydrogen) atoms. The van der Waals surface area contributed by atoms with Gasteiger partial charge in [0.05, 0.1) is 6.61 Å². The molecule has 2 aromatic carbocycles. The number of hydrogen-bond donors (Lipinski definition) is 13. The second kappa shape index (κ2) is 27.5. The van der Waals surface area contributed by atoms with Gasteiger partial charge in [-0.2, -0.15) is 0 Å². The molecule has 4 aromatic rings. The Balaban J connectivity index is 1.36. The number of aliphatic hydroxyl groups is 1. The van der Waals surface area contributed by atoms with Gasteiger partial charge < -0.3 is 74.4 Å². The van der Waals surface area contributed by atoms with Crippen molar-refractivity contribution in [2.45, 2.75) is 135 Å². The summed E-state index contributed by atoms with van der Waals surface area (Å²) in [5.74, 6) is -7.16. The van der Waals surface area contributed by atoms with Crippen molar-refractivity contribution in [1.29, 1.82) is 0 Å². The third-order valence-electron chi connectivity index (χ3n) is 13.1. The molecule has 0 aliphatic carbocycles. The fourth-order valence-electron chi connectivity index (χ4n) is 9.13. The number of nitrogens with one attached hydrogen (secondary N) is 9. The van der Waals surface area contributed by atoms with E-state index in [1.54, 1.807) is 26.2 Å². The van der Waals surface area contributed by atoms with Crippen LogP contribution in [0.5, 0.6) is 0 Å². The summed E-state index contributed by atoms with van der Waals surface area (Å²) in [6.45, 7) is 9.17. The summed E-state index contributed by atoms with van der Waals surface area (Å²) >= 11 is 0. The lowest BCUT2D eigenvalue weighted by molar-refractivity contribution is -0.143. The van der Waals surface area contributed by atoms with E-state index in [1.165, 1.54) is 18.7 Å². The number of aromatic amines is 2. The number of fused-ring (bicyclic) bond motifs is 2. The second-order valence-electron chi connectivity index (χ2n) is 19.9. The van der Waals surface area contributed by atoms with E-state index >= 15 is 0 Å². The number of para-hydroxylation sites is 2. The predicted octanol–water partition coefficient (Wildman–Crippen LogP) is -0.908. The van der Waals surface area contributed by atoms with Gasteiger partial charge in [-0.3, -0.25) is 48.1 Å². The zero-order valence-electron chi connectivity index (χ0n) is 43.9. The molecule has 412 valence electrons. The number of nitrogens with zero attached hydrogens (tertiary/aromatic N) is 2. The van der Waals surface area contributed by atoms with Gasteiger partial charge in [0.1, 0.15) is 48.3 Å². The minimum Gasteiger partial charge on any atom is -0.394 e. The number of aromatic nitrogens is 2. The van der Waals surface area contributed by atoms with Crippen LogP contribution in [0.2, 0.25) is 0 Å². The number of primary amides is 1. The molecule has 1 aliphatic rings. The van der Waals surface area contributed by atoms with Crippen molar-refractivity contribution in [3.63, 3.8) is 0 Å². The Morgan fingerprint density at radius 1 is 0.671 bits per heavy atom. The largest absolute Gasteiger partial charge is 0.394 e. The number of guanidine groups is 1. The highest BCUT2D eigenvalue weighted by Crippen LogP contribution is 2.24. The van der Waals surface area contributed by atoms with E-state index in [2.05, 4.69) is 52.2 Å². The average molecular weight is 1060 g/mol. The van der Waals surface area contributed by atoms with Crippen LogP contribution in [-0.2, 0) is 56.0 Å². The SMILES string of the molecule is CC(=O)N[C@@H](CO)C(=O)N[C@@H](C)C(=O)N[C@H](C(=O)N1CCC[C@H]1C(=O)N[C@@H](Cc1c[nH]c2ccccc12)C(=O)N[C@@H](CC(C)C)C(=O)N[C@@H](CCCN=C(N)N)C(=O)N[C@@H](Cc1c[nH]c2ccccc12)C(N)=O)C(C)C. The number of likely N-dealkylation sites (tertiary alicyclic amines) is 1. The van der Waals surface area contributed by atoms with Crippen LogP contribution in [0.15, 0.2) is 65.9 Å². The Hall–Kier alpha value is -8.02. The highest BCUT2D eigenvalue weighted by atomic mass is 16.3. The topological polar surface area (TPSA) is 383 Å². The van der Waals surface area contributed by atoms with Crippen molar-refractivity contribution in [2.24, 2.45) is 34.0 Å². The van der Waals surface area contributed by atoms with Gasteiger partial charge in [0.25, 0.3) is 0 Å². The normalized spacial score (nSPS) is 16.1. The Morgan fingerprint density at radius 2 is 1.21 bits per heavy atom. The average Bonchev–Trinajstić information content (AvgIpc) is 4.14. The summed E-state index contributed by atoms with van der Waals surface area (Å²) in [7, 11) is 0. The minimum absolute atomic E-state index is 0.0209. The molecule has 3 heterocycles. The molecular weight excluding hydrogens is 981 g/mol. The standard InChI is InChI=1S/C52H74N14O10/c1-27(2)21-39(47(72)61-37(17-11-19-56-52(54)55)46(71)62-38(44(53)69)22-31-24-57-35-15-9-7-13-33(31)35)63-48(73)40(23-32-25-58-36-16-10-8-14-34(32)36)64-50(75)42-18-12-20-66(42)51(76)43(28(3)4)65-45(70)29(5)59-49(74)41(26-67)60-30(6)68/h7-10,13-16,24-25,27-29,37-43,57-58,67H,11-12,17-23,26H2,1-6H3,(H2,53,69)(H,59,74)(H,60,68)(H,61,72)(H,62,71)(H,63,73)(H,64,75)(H,65,70)(H4,54,55,56)/t29-,37-,38-,39-,40-,41-,42-,43-/m0/s1. The molecule has 24 heteroatoms. The van der Waals surface area contributed by atoms with Gasteiger partial charge in [-0.25, -0.2) is 0 Å². The highest BCUT2D eigenvalue weighted by molar-refractivity contribution is 5.99. The number of carbonyl (C=O) groups excluding carboxylic acids is 9. The first kappa shape index (κ1) is 58.9. The number of amides is 9. The summed E-state index contributed by atoms with van der Waals surface area (Å²) in [5.41, 5.74) is 19.9. The maximum atomic E-state index is 14.7. The summed E-state index contributed by atoms with van der Waals surface area (Å²) in [4.78, 5) is 134. The number of benzene rings is 2. The third-order valence-corrected chi connectivity index (χ3v) is 13.1. The molecule has 16 N–H and O–H groups in total. The van der Waals surface area contributed by atoms with E-state index in [0.29, 0.717) is 12.0 Å². The maximum Gasteiger partial charge on any atom is 0.246 e. The molecule has 2 aromatic heterocycles. The monoisotopic (exact) mass is 1050 g/mol. The number of carbonyl (C=O) groups is 9. The summed E-state index contributed by atoms with van der Waals surface area (Å²) in [5, 5.41) is 29.8. The first-order valence-electron chi connectivity index (χ1n) is 25.5. The summed E-state index contributed by atoms with van der Waals surface area (Å²) < 4.78 is 0. The molecule has 8 atom stereocenters. The molecule has 1 saturated heterocycles. The molecular formula is C52H74N14O10. The van der Waals surface area contributed by atoms with Crippen LogP contribution < -0.4 is 54.4 Å². The quantitative estimate of drug-likeness (QED) is 0.0196. The van der Waals surface area contributed by atoms with Crippen LogP contribution in [0, 0.1) is 11.8 Å². The fourth-order valence-corrected chi connectivity index (χ4v) is 9.13. The number of nitrogens with two attached hydrogens (primary N) is 3. The maximum absolute atomic E-state index is 14.7. The molecule has 24 nitrogen and oxygen atoms in total. The van der Waals surface area contributed by atoms with Crippen molar-refractivity contribution in [1.82, 2.24) is 52.1 Å². The minimum atomic E-state index is -1.31. The number of hydrogen-bond acceptors (Lipinski definition) is 11. The van der Waals surface area contributed by atoms with Crippen LogP contribution in [0.25, 0.3) is 21.8 Å². The third kappa shape index (κ3) is 16.2. The smallest absolute Gasteiger partial charge is 0.246 e. The van der Waals surface area contributed by atoms with Crippen LogP contribution in [0.3, 0.4) is 0 Å². The molecule has 9 amide bonds. The van der Waals surface area contributed by atoms with E-state index in [1.807, 2.05) is 62.4 Å². The molecule has 0 saturated carbocycles. The molecule has 0 unspecified atom stereocenters. The lowest BCUT2D eigenvalue weighted by atomic mass is 9.99. The van der Waals surface area contributed by atoms with Gasteiger partial charge in [-0.05, 0) is 74.1 Å². The van der Waals surface area contributed by atoms with Gasteiger partial charge in [0, 0.05) is 67.1 Å². The van der Waals surface area contributed by atoms with E-state index in [4.69, 9.17) is 17.2 Å². The van der Waals surface area contributed by atoms with Gasteiger partial charge in [-0.15, -0.1) is 0 Å². The van der Waals surface area contributed by atoms with E-state index in [9.17, 15) is 48.3 Å². The van der Waals surface area contributed by atoms with Crippen molar-refractivity contribution in [3.05, 3.63) is 72.1 Å².